The lowest BCUT2D eigenvalue weighted by atomic mass is 10.0. The van der Waals surface area contributed by atoms with Crippen LogP contribution >= 0.6 is 11.3 Å². The van der Waals surface area contributed by atoms with E-state index in [4.69, 9.17) is 14.6 Å². The standard InChI is InChI=1S/C13H12O4S/c1-16-11-6-9(13(14)15)5-10(12(11)17-2)8-3-4-18-7-8/h3-7H,1-2H3,(H,14,15). The largest absolute Gasteiger partial charge is 0.493 e. The number of carboxylic acid groups (broad SMARTS) is 1. The maximum atomic E-state index is 11.1. The molecule has 0 saturated heterocycles. The van der Waals surface area contributed by atoms with E-state index in [-0.39, 0.29) is 5.56 Å². The summed E-state index contributed by atoms with van der Waals surface area (Å²) in [7, 11) is 3.02. The summed E-state index contributed by atoms with van der Waals surface area (Å²) >= 11 is 1.54. The van der Waals surface area contributed by atoms with Crippen molar-refractivity contribution in [2.24, 2.45) is 0 Å². The van der Waals surface area contributed by atoms with Gasteiger partial charge in [0.05, 0.1) is 19.8 Å². The number of rotatable bonds is 4. The van der Waals surface area contributed by atoms with E-state index in [0.29, 0.717) is 11.5 Å². The van der Waals surface area contributed by atoms with Crippen LogP contribution in [0.5, 0.6) is 11.5 Å². The van der Waals surface area contributed by atoms with Crippen molar-refractivity contribution in [1.29, 1.82) is 0 Å². The number of carboxylic acids is 1. The molecular formula is C13H12O4S. The molecule has 0 aliphatic heterocycles. The van der Waals surface area contributed by atoms with Gasteiger partial charge in [0, 0.05) is 5.56 Å². The minimum Gasteiger partial charge on any atom is -0.493 e. The molecule has 1 aromatic carbocycles. The normalized spacial score (nSPS) is 10.1. The summed E-state index contributed by atoms with van der Waals surface area (Å²) in [5.41, 5.74) is 1.81. The Hall–Kier alpha value is -2.01. The maximum Gasteiger partial charge on any atom is 0.335 e. The highest BCUT2D eigenvalue weighted by atomic mass is 32.1. The van der Waals surface area contributed by atoms with E-state index in [2.05, 4.69) is 0 Å². The van der Waals surface area contributed by atoms with Crippen LogP contribution in [-0.4, -0.2) is 25.3 Å². The minimum atomic E-state index is -0.993. The lowest BCUT2D eigenvalue weighted by Gasteiger charge is -2.13. The highest BCUT2D eigenvalue weighted by Gasteiger charge is 2.17. The van der Waals surface area contributed by atoms with Crippen molar-refractivity contribution in [3.63, 3.8) is 0 Å². The predicted octanol–water partition coefficient (Wildman–Crippen LogP) is 3.13. The summed E-state index contributed by atoms with van der Waals surface area (Å²) in [6, 6.07) is 4.95. The van der Waals surface area contributed by atoms with Gasteiger partial charge in [-0.05, 0) is 34.5 Å². The summed E-state index contributed by atoms with van der Waals surface area (Å²) < 4.78 is 10.5. The molecule has 2 aromatic rings. The number of hydrogen-bond donors (Lipinski definition) is 1. The van der Waals surface area contributed by atoms with E-state index in [9.17, 15) is 4.79 Å². The number of benzene rings is 1. The first-order valence-corrected chi connectivity index (χ1v) is 6.13. The summed E-state index contributed by atoms with van der Waals surface area (Å²) in [4.78, 5) is 11.1. The van der Waals surface area contributed by atoms with E-state index in [0.717, 1.165) is 11.1 Å². The van der Waals surface area contributed by atoms with Crippen LogP contribution in [-0.2, 0) is 0 Å². The molecule has 0 bridgehead atoms. The average Bonchev–Trinajstić information content (AvgIpc) is 2.90. The second-order valence-corrected chi connectivity index (χ2v) is 4.36. The molecule has 18 heavy (non-hydrogen) atoms. The van der Waals surface area contributed by atoms with Crippen LogP contribution in [0, 0.1) is 0 Å². The fraction of sp³-hybridized carbons (Fsp3) is 0.154. The molecule has 1 aromatic heterocycles. The average molecular weight is 264 g/mol. The number of carbonyl (C=O) groups is 1. The van der Waals surface area contributed by atoms with Crippen LogP contribution in [0.2, 0.25) is 0 Å². The van der Waals surface area contributed by atoms with Gasteiger partial charge in [-0.1, -0.05) is 0 Å². The maximum absolute atomic E-state index is 11.1. The molecule has 0 saturated carbocycles. The van der Waals surface area contributed by atoms with Crippen molar-refractivity contribution in [2.45, 2.75) is 0 Å². The monoisotopic (exact) mass is 264 g/mol. The Labute approximate surface area is 108 Å². The fourth-order valence-electron chi connectivity index (χ4n) is 1.72. The Balaban J connectivity index is 2.68. The number of ether oxygens (including phenoxy) is 2. The zero-order valence-corrected chi connectivity index (χ0v) is 10.8. The molecular weight excluding hydrogens is 252 g/mol. The Morgan fingerprint density at radius 3 is 2.56 bits per heavy atom. The van der Waals surface area contributed by atoms with Gasteiger partial charge in [-0.15, -0.1) is 0 Å². The third-order valence-electron chi connectivity index (χ3n) is 2.56. The van der Waals surface area contributed by atoms with E-state index >= 15 is 0 Å². The topological polar surface area (TPSA) is 55.8 Å². The zero-order chi connectivity index (χ0) is 13.1. The number of hydrogen-bond acceptors (Lipinski definition) is 4. The van der Waals surface area contributed by atoms with Crippen LogP contribution in [0.15, 0.2) is 29.0 Å². The molecule has 0 radical (unpaired) electrons. The van der Waals surface area contributed by atoms with Crippen LogP contribution in [0.25, 0.3) is 11.1 Å². The van der Waals surface area contributed by atoms with Crippen LogP contribution in [0.4, 0.5) is 0 Å². The summed E-state index contributed by atoms with van der Waals surface area (Å²) in [5, 5.41) is 13.0. The first-order valence-electron chi connectivity index (χ1n) is 5.19. The Morgan fingerprint density at radius 1 is 1.28 bits per heavy atom. The second kappa shape index (κ2) is 5.10. The Kier molecular flexibility index (Phi) is 3.53. The molecule has 94 valence electrons. The van der Waals surface area contributed by atoms with Crippen molar-refractivity contribution >= 4 is 17.3 Å². The van der Waals surface area contributed by atoms with Crippen LogP contribution in [0.3, 0.4) is 0 Å². The van der Waals surface area contributed by atoms with Gasteiger partial charge < -0.3 is 14.6 Å². The fourth-order valence-corrected chi connectivity index (χ4v) is 2.38. The van der Waals surface area contributed by atoms with E-state index < -0.39 is 5.97 Å². The van der Waals surface area contributed by atoms with Gasteiger partial charge in [0.15, 0.2) is 11.5 Å². The molecule has 1 heterocycles. The summed E-state index contributed by atoms with van der Waals surface area (Å²) in [5.74, 6) is -0.0352. The Morgan fingerprint density at radius 2 is 2.06 bits per heavy atom. The van der Waals surface area contributed by atoms with Crippen molar-refractivity contribution in [2.75, 3.05) is 14.2 Å². The molecule has 0 spiro atoms. The van der Waals surface area contributed by atoms with Gasteiger partial charge in [0.2, 0.25) is 0 Å². The van der Waals surface area contributed by atoms with Gasteiger partial charge in [0.25, 0.3) is 0 Å². The molecule has 5 heteroatoms. The number of methoxy groups -OCH3 is 2. The highest BCUT2D eigenvalue weighted by Crippen LogP contribution is 2.39. The molecule has 0 fully saturated rings. The van der Waals surface area contributed by atoms with E-state index in [1.165, 1.54) is 31.6 Å². The molecule has 0 aliphatic rings. The Bertz CT molecular complexity index is 561. The SMILES string of the molecule is COc1cc(C(=O)O)cc(-c2ccsc2)c1OC. The summed E-state index contributed by atoms with van der Waals surface area (Å²) in [6.45, 7) is 0. The van der Waals surface area contributed by atoms with Crippen LogP contribution < -0.4 is 9.47 Å². The van der Waals surface area contributed by atoms with Crippen molar-refractivity contribution < 1.29 is 19.4 Å². The smallest absolute Gasteiger partial charge is 0.335 e. The number of thiophene rings is 1. The predicted molar refractivity (Wildman–Crippen MR) is 69.8 cm³/mol. The first-order chi connectivity index (χ1) is 8.67. The third-order valence-corrected chi connectivity index (χ3v) is 3.24. The van der Waals surface area contributed by atoms with Gasteiger partial charge in [-0.2, -0.15) is 11.3 Å². The zero-order valence-electron chi connectivity index (χ0n) is 9.97. The van der Waals surface area contributed by atoms with Gasteiger partial charge >= 0.3 is 5.97 Å². The first kappa shape index (κ1) is 12.4. The lowest BCUT2D eigenvalue weighted by molar-refractivity contribution is 0.0696. The van der Waals surface area contributed by atoms with Gasteiger partial charge in [0.1, 0.15) is 0 Å². The van der Waals surface area contributed by atoms with Crippen molar-refractivity contribution in [1.82, 2.24) is 0 Å². The van der Waals surface area contributed by atoms with E-state index in [1.807, 2.05) is 16.8 Å². The second-order valence-electron chi connectivity index (χ2n) is 3.58. The van der Waals surface area contributed by atoms with Crippen LogP contribution in [0.1, 0.15) is 10.4 Å². The molecule has 1 N–H and O–H groups in total. The molecule has 0 atom stereocenters. The van der Waals surface area contributed by atoms with Crippen molar-refractivity contribution in [3.8, 4) is 22.6 Å². The molecule has 0 aliphatic carbocycles. The van der Waals surface area contributed by atoms with Crippen molar-refractivity contribution in [3.05, 3.63) is 34.5 Å². The van der Waals surface area contributed by atoms with Gasteiger partial charge in [-0.3, -0.25) is 0 Å². The quantitative estimate of drug-likeness (QED) is 0.921. The van der Waals surface area contributed by atoms with Gasteiger partial charge in [-0.25, -0.2) is 4.79 Å². The molecule has 2 rings (SSSR count). The minimum absolute atomic E-state index is 0.175. The molecule has 0 amide bonds. The highest BCUT2D eigenvalue weighted by molar-refractivity contribution is 7.08. The molecule has 0 unspecified atom stereocenters. The number of aromatic carboxylic acids is 1. The molecule has 4 nitrogen and oxygen atoms in total. The van der Waals surface area contributed by atoms with E-state index in [1.54, 1.807) is 6.07 Å². The third kappa shape index (κ3) is 2.17. The lowest BCUT2D eigenvalue weighted by Crippen LogP contribution is -2.00. The summed E-state index contributed by atoms with van der Waals surface area (Å²) in [6.07, 6.45) is 0.